The molecule has 6 heteroatoms. The smallest absolute Gasteiger partial charge is 0.0907 e. The fraction of sp³-hybridized carbons (Fsp3) is 0.500. The van der Waals surface area contributed by atoms with E-state index in [9.17, 15) is 0 Å². The Morgan fingerprint density at radius 2 is 1.35 bits per heavy atom. The fourth-order valence-corrected chi connectivity index (χ4v) is 3.76. The average molecular weight is 352 g/mol. The molecule has 2 aliphatic heterocycles. The molecule has 0 radical (unpaired) electrons. The summed E-state index contributed by atoms with van der Waals surface area (Å²) in [7, 11) is 0. The van der Waals surface area contributed by atoms with Crippen molar-refractivity contribution < 1.29 is 0 Å². The van der Waals surface area contributed by atoms with Crippen LogP contribution in [0.5, 0.6) is 0 Å². The average Bonchev–Trinajstić information content (AvgIpc) is 2.75. The van der Waals surface area contributed by atoms with Crippen LogP contribution in [0.3, 0.4) is 0 Å². The molecular formula is C20H28N6. The molecule has 6 nitrogen and oxygen atoms in total. The minimum Gasteiger partial charge on any atom is -0.369 e. The van der Waals surface area contributed by atoms with Gasteiger partial charge in [0.2, 0.25) is 0 Å². The minimum absolute atomic E-state index is 0.954. The molecular weight excluding hydrogens is 324 g/mol. The van der Waals surface area contributed by atoms with Crippen LogP contribution in [0.2, 0.25) is 0 Å². The van der Waals surface area contributed by atoms with Gasteiger partial charge in [-0.25, -0.2) is 0 Å². The number of anilines is 2. The van der Waals surface area contributed by atoms with Crippen LogP contribution in [0, 0.1) is 0 Å². The van der Waals surface area contributed by atoms with Crippen molar-refractivity contribution in [1.82, 2.24) is 20.2 Å². The van der Waals surface area contributed by atoms with E-state index in [2.05, 4.69) is 61.2 Å². The lowest BCUT2D eigenvalue weighted by atomic mass is 10.2. The number of aromatic nitrogens is 2. The summed E-state index contributed by atoms with van der Waals surface area (Å²) in [5, 5.41) is 3.40. The van der Waals surface area contributed by atoms with Gasteiger partial charge in [-0.2, -0.15) is 0 Å². The number of nitrogens with zero attached hydrogens (tertiary/aromatic N) is 5. The number of likely N-dealkylation sites (N-methyl/N-ethyl adjacent to an activating group) is 1. The molecule has 2 aromatic heterocycles. The maximum Gasteiger partial charge on any atom is 0.0907 e. The van der Waals surface area contributed by atoms with Gasteiger partial charge >= 0.3 is 0 Å². The first kappa shape index (κ1) is 17.2. The molecule has 0 bridgehead atoms. The molecule has 4 rings (SSSR count). The van der Waals surface area contributed by atoms with Crippen molar-refractivity contribution in [1.29, 1.82) is 0 Å². The summed E-state index contributed by atoms with van der Waals surface area (Å²) in [5.41, 5.74) is 4.40. The first-order valence-electron chi connectivity index (χ1n) is 9.69. The zero-order chi connectivity index (χ0) is 17.8. The van der Waals surface area contributed by atoms with Gasteiger partial charge in [0.25, 0.3) is 0 Å². The van der Waals surface area contributed by atoms with Crippen LogP contribution < -0.4 is 15.1 Å². The summed E-state index contributed by atoms with van der Waals surface area (Å²) in [6.07, 6.45) is 3.82. The van der Waals surface area contributed by atoms with Gasteiger partial charge < -0.3 is 20.0 Å². The first-order chi connectivity index (χ1) is 12.8. The lowest BCUT2D eigenvalue weighted by Gasteiger charge is -2.35. The van der Waals surface area contributed by atoms with Crippen LogP contribution in [0.4, 0.5) is 11.4 Å². The molecule has 0 unspecified atom stereocenters. The third kappa shape index (κ3) is 3.81. The third-order valence-electron chi connectivity index (χ3n) is 5.42. The van der Waals surface area contributed by atoms with Gasteiger partial charge in [-0.05, 0) is 30.8 Å². The highest BCUT2D eigenvalue weighted by Crippen LogP contribution is 2.25. The van der Waals surface area contributed by atoms with Crippen molar-refractivity contribution in [3.05, 3.63) is 36.7 Å². The topological polar surface area (TPSA) is 47.5 Å². The summed E-state index contributed by atoms with van der Waals surface area (Å²) in [6.45, 7) is 11.9. The van der Waals surface area contributed by atoms with Crippen molar-refractivity contribution >= 4 is 11.4 Å². The minimum atomic E-state index is 0.954. The van der Waals surface area contributed by atoms with Crippen LogP contribution in [0.25, 0.3) is 11.4 Å². The number of hydrogen-bond acceptors (Lipinski definition) is 6. The molecule has 4 heterocycles. The maximum absolute atomic E-state index is 4.59. The molecule has 2 fully saturated rings. The highest BCUT2D eigenvalue weighted by molar-refractivity contribution is 5.65. The quantitative estimate of drug-likeness (QED) is 0.904. The monoisotopic (exact) mass is 352 g/mol. The number of rotatable bonds is 4. The molecule has 0 atom stereocenters. The molecule has 26 heavy (non-hydrogen) atoms. The van der Waals surface area contributed by atoms with Crippen molar-refractivity contribution in [2.24, 2.45) is 0 Å². The normalized spacial score (nSPS) is 19.0. The van der Waals surface area contributed by atoms with E-state index in [1.54, 1.807) is 0 Å². The molecule has 0 aliphatic carbocycles. The molecule has 138 valence electrons. The van der Waals surface area contributed by atoms with Crippen LogP contribution in [0.1, 0.15) is 6.92 Å². The van der Waals surface area contributed by atoms with E-state index < -0.39 is 0 Å². The van der Waals surface area contributed by atoms with E-state index in [0.29, 0.717) is 0 Å². The Hall–Kier alpha value is -2.18. The number of piperazine rings is 2. The summed E-state index contributed by atoms with van der Waals surface area (Å²) >= 11 is 0. The van der Waals surface area contributed by atoms with E-state index in [-0.39, 0.29) is 0 Å². The summed E-state index contributed by atoms with van der Waals surface area (Å²) in [5.74, 6) is 0. The van der Waals surface area contributed by atoms with E-state index in [1.165, 1.54) is 11.4 Å². The summed E-state index contributed by atoms with van der Waals surface area (Å²) < 4.78 is 0. The Morgan fingerprint density at radius 1 is 0.808 bits per heavy atom. The van der Waals surface area contributed by atoms with Gasteiger partial charge in [0.05, 0.1) is 11.4 Å². The molecule has 1 N–H and O–H groups in total. The van der Waals surface area contributed by atoms with Crippen molar-refractivity contribution in [3.63, 3.8) is 0 Å². The highest BCUT2D eigenvalue weighted by Gasteiger charge is 2.17. The van der Waals surface area contributed by atoms with Gasteiger partial charge in [0.1, 0.15) is 0 Å². The number of nitrogens with one attached hydrogen (secondary N) is 1. The molecule has 0 amide bonds. The predicted molar refractivity (Wildman–Crippen MR) is 107 cm³/mol. The van der Waals surface area contributed by atoms with Crippen LogP contribution in [-0.2, 0) is 0 Å². The van der Waals surface area contributed by atoms with Gasteiger partial charge in [-0.15, -0.1) is 0 Å². The lowest BCUT2D eigenvalue weighted by Crippen LogP contribution is -2.46. The SMILES string of the molecule is CCN1CCN(c2ccnc(-c3cc(N4CCNCC4)ccn3)c2)CC1. The van der Waals surface area contributed by atoms with Gasteiger partial charge in [-0.3, -0.25) is 9.97 Å². The first-order valence-corrected chi connectivity index (χ1v) is 9.69. The Labute approximate surface area is 155 Å². The van der Waals surface area contributed by atoms with Gasteiger partial charge in [-0.1, -0.05) is 6.92 Å². The van der Waals surface area contributed by atoms with E-state index in [1.807, 2.05) is 12.4 Å². The van der Waals surface area contributed by atoms with Crippen LogP contribution in [-0.4, -0.2) is 73.8 Å². The second-order valence-corrected chi connectivity index (χ2v) is 6.96. The highest BCUT2D eigenvalue weighted by atomic mass is 15.3. The zero-order valence-corrected chi connectivity index (χ0v) is 15.6. The second-order valence-electron chi connectivity index (χ2n) is 6.96. The van der Waals surface area contributed by atoms with E-state index in [0.717, 1.165) is 70.3 Å². The standard InChI is InChI=1S/C20H28N6/c1-2-24-11-13-26(14-12-24)18-4-6-23-20(16-18)19-15-17(3-5-22-19)25-9-7-21-8-10-25/h3-6,15-16,21H,2,7-14H2,1H3. The molecule has 0 aromatic carbocycles. The van der Waals surface area contributed by atoms with E-state index >= 15 is 0 Å². The molecule has 2 aliphatic rings. The summed E-state index contributed by atoms with van der Waals surface area (Å²) in [4.78, 5) is 16.5. The Kier molecular flexibility index (Phi) is 5.32. The fourth-order valence-electron chi connectivity index (χ4n) is 3.76. The van der Waals surface area contributed by atoms with Crippen molar-refractivity contribution in [3.8, 4) is 11.4 Å². The van der Waals surface area contributed by atoms with Crippen molar-refractivity contribution in [2.45, 2.75) is 6.92 Å². The molecule has 0 saturated carbocycles. The largest absolute Gasteiger partial charge is 0.369 e. The maximum atomic E-state index is 4.59. The van der Waals surface area contributed by atoms with E-state index in [4.69, 9.17) is 0 Å². The van der Waals surface area contributed by atoms with Gasteiger partial charge in [0.15, 0.2) is 0 Å². The molecule has 0 spiro atoms. The predicted octanol–water partition coefficient (Wildman–Crippen LogP) is 1.70. The Balaban J connectivity index is 1.53. The van der Waals surface area contributed by atoms with Crippen molar-refractivity contribution in [2.75, 3.05) is 68.7 Å². The van der Waals surface area contributed by atoms with Crippen LogP contribution >= 0.6 is 0 Å². The second kappa shape index (κ2) is 8.01. The molecule has 2 aromatic rings. The zero-order valence-electron chi connectivity index (χ0n) is 15.6. The Morgan fingerprint density at radius 3 is 1.88 bits per heavy atom. The number of hydrogen-bond donors (Lipinski definition) is 1. The van der Waals surface area contributed by atoms with Crippen LogP contribution in [0.15, 0.2) is 36.7 Å². The third-order valence-corrected chi connectivity index (χ3v) is 5.42. The van der Waals surface area contributed by atoms with Gasteiger partial charge in [0, 0.05) is 76.1 Å². The number of pyridine rings is 2. The molecule has 2 saturated heterocycles. The lowest BCUT2D eigenvalue weighted by molar-refractivity contribution is 0.271. The Bertz CT molecular complexity index is 720. The summed E-state index contributed by atoms with van der Waals surface area (Å²) in [6, 6.07) is 8.58.